The van der Waals surface area contributed by atoms with Crippen LogP contribution in [0.4, 0.5) is 10.5 Å². The molecule has 0 atom stereocenters. The Morgan fingerprint density at radius 2 is 2.07 bits per heavy atom. The first-order chi connectivity index (χ1) is 6.73. The Kier molecular flexibility index (Phi) is 1.29. The molecule has 1 heterocycles. The van der Waals surface area contributed by atoms with Gasteiger partial charge in [0.25, 0.3) is 0 Å². The fourth-order valence-corrected chi connectivity index (χ4v) is 2.41. The zero-order valence-electron chi connectivity index (χ0n) is 7.86. The van der Waals surface area contributed by atoms with E-state index in [1.807, 2.05) is 18.2 Å². The molecule has 3 heteroatoms. The lowest BCUT2D eigenvalue weighted by atomic mass is 9.99. The number of primary amides is 1. The highest BCUT2D eigenvalue weighted by Crippen LogP contribution is 2.56. The molecule has 72 valence electrons. The van der Waals surface area contributed by atoms with Crippen LogP contribution in [0.5, 0.6) is 0 Å². The first-order valence-corrected chi connectivity index (χ1v) is 4.89. The van der Waals surface area contributed by atoms with Crippen molar-refractivity contribution in [3.8, 4) is 0 Å². The predicted molar refractivity (Wildman–Crippen MR) is 54.3 cm³/mol. The Morgan fingerprint density at radius 3 is 2.71 bits per heavy atom. The van der Waals surface area contributed by atoms with Crippen molar-refractivity contribution in [2.45, 2.75) is 18.3 Å². The van der Waals surface area contributed by atoms with Gasteiger partial charge in [0.2, 0.25) is 0 Å². The highest BCUT2D eigenvalue weighted by Gasteiger charge is 2.52. The Balaban J connectivity index is 2.14. The van der Waals surface area contributed by atoms with Crippen LogP contribution >= 0.6 is 0 Å². The second-order valence-electron chi connectivity index (χ2n) is 4.22. The molecule has 1 aliphatic heterocycles. The van der Waals surface area contributed by atoms with Gasteiger partial charge in [0, 0.05) is 17.6 Å². The molecule has 0 aromatic heterocycles. The van der Waals surface area contributed by atoms with E-state index < -0.39 is 0 Å². The summed E-state index contributed by atoms with van der Waals surface area (Å²) < 4.78 is 0. The van der Waals surface area contributed by atoms with Crippen molar-refractivity contribution < 1.29 is 4.79 Å². The van der Waals surface area contributed by atoms with E-state index >= 15 is 0 Å². The Hall–Kier alpha value is -1.51. The molecule has 1 aliphatic carbocycles. The maximum absolute atomic E-state index is 11.2. The molecule has 0 unspecified atom stereocenters. The number of rotatable bonds is 0. The number of para-hydroxylation sites is 1. The number of hydrogen-bond acceptors (Lipinski definition) is 1. The molecule has 3 nitrogen and oxygen atoms in total. The SMILES string of the molecule is NC(=O)N1CC2(CC2)c2ccccc21. The van der Waals surface area contributed by atoms with Crippen LogP contribution in [0.15, 0.2) is 24.3 Å². The fraction of sp³-hybridized carbons (Fsp3) is 0.364. The third kappa shape index (κ3) is 0.842. The fourth-order valence-electron chi connectivity index (χ4n) is 2.41. The molecule has 2 amide bonds. The summed E-state index contributed by atoms with van der Waals surface area (Å²) in [5, 5.41) is 0. The number of carbonyl (C=O) groups is 1. The van der Waals surface area contributed by atoms with Gasteiger partial charge in [-0.1, -0.05) is 18.2 Å². The van der Waals surface area contributed by atoms with Crippen molar-refractivity contribution in [2.24, 2.45) is 5.73 Å². The van der Waals surface area contributed by atoms with E-state index in [1.54, 1.807) is 4.90 Å². The first-order valence-electron chi connectivity index (χ1n) is 4.89. The zero-order valence-corrected chi connectivity index (χ0v) is 7.86. The molecule has 1 saturated carbocycles. The monoisotopic (exact) mass is 188 g/mol. The predicted octanol–water partition coefficient (Wildman–Crippen LogP) is 1.62. The van der Waals surface area contributed by atoms with E-state index in [0.717, 1.165) is 12.2 Å². The summed E-state index contributed by atoms with van der Waals surface area (Å²) in [5.74, 6) is 0. The van der Waals surface area contributed by atoms with E-state index in [9.17, 15) is 4.79 Å². The third-order valence-electron chi connectivity index (χ3n) is 3.35. The highest BCUT2D eigenvalue weighted by atomic mass is 16.2. The minimum atomic E-state index is -0.332. The van der Waals surface area contributed by atoms with Crippen LogP contribution in [-0.2, 0) is 5.41 Å². The number of amides is 2. The van der Waals surface area contributed by atoms with Crippen LogP contribution in [0, 0.1) is 0 Å². The van der Waals surface area contributed by atoms with Crippen molar-refractivity contribution >= 4 is 11.7 Å². The van der Waals surface area contributed by atoms with E-state index in [2.05, 4.69) is 6.07 Å². The Bertz CT molecular complexity index is 410. The van der Waals surface area contributed by atoms with Crippen molar-refractivity contribution in [2.75, 3.05) is 11.4 Å². The van der Waals surface area contributed by atoms with Crippen molar-refractivity contribution in [3.63, 3.8) is 0 Å². The van der Waals surface area contributed by atoms with E-state index in [0.29, 0.717) is 0 Å². The average molecular weight is 188 g/mol. The minimum Gasteiger partial charge on any atom is -0.351 e. The number of hydrogen-bond donors (Lipinski definition) is 1. The van der Waals surface area contributed by atoms with Gasteiger partial charge in [0.1, 0.15) is 0 Å². The van der Waals surface area contributed by atoms with Crippen molar-refractivity contribution in [1.29, 1.82) is 0 Å². The maximum atomic E-state index is 11.2. The number of nitrogens with zero attached hydrogens (tertiary/aromatic N) is 1. The summed E-state index contributed by atoms with van der Waals surface area (Å²) in [6.07, 6.45) is 2.38. The van der Waals surface area contributed by atoms with Crippen molar-refractivity contribution in [3.05, 3.63) is 29.8 Å². The maximum Gasteiger partial charge on any atom is 0.319 e. The molecular weight excluding hydrogens is 176 g/mol. The lowest BCUT2D eigenvalue weighted by Crippen LogP contribution is -2.35. The molecule has 1 aromatic rings. The van der Waals surface area contributed by atoms with Gasteiger partial charge in [-0.15, -0.1) is 0 Å². The molecule has 1 fully saturated rings. The number of carbonyl (C=O) groups excluding carboxylic acids is 1. The standard InChI is InChI=1S/C11H12N2O/c12-10(14)13-7-11(5-6-11)8-3-1-2-4-9(8)13/h1-4H,5-7H2,(H2,12,14). The lowest BCUT2D eigenvalue weighted by molar-refractivity contribution is 0.254. The van der Waals surface area contributed by atoms with E-state index in [1.165, 1.54) is 18.4 Å². The molecule has 1 aromatic carbocycles. The molecule has 0 radical (unpaired) electrons. The van der Waals surface area contributed by atoms with Crippen LogP contribution in [0.1, 0.15) is 18.4 Å². The number of anilines is 1. The molecule has 14 heavy (non-hydrogen) atoms. The van der Waals surface area contributed by atoms with Gasteiger partial charge in [0.15, 0.2) is 0 Å². The summed E-state index contributed by atoms with van der Waals surface area (Å²) >= 11 is 0. The van der Waals surface area contributed by atoms with Crippen molar-refractivity contribution in [1.82, 2.24) is 0 Å². The molecule has 2 aliphatic rings. The number of fused-ring (bicyclic) bond motifs is 2. The van der Waals surface area contributed by atoms with E-state index in [-0.39, 0.29) is 11.4 Å². The van der Waals surface area contributed by atoms with Crippen LogP contribution in [0.3, 0.4) is 0 Å². The van der Waals surface area contributed by atoms with Gasteiger partial charge >= 0.3 is 6.03 Å². The van der Waals surface area contributed by atoms with Gasteiger partial charge in [-0.2, -0.15) is 0 Å². The van der Waals surface area contributed by atoms with Gasteiger partial charge in [-0.05, 0) is 24.5 Å². The lowest BCUT2D eigenvalue weighted by Gasteiger charge is -2.13. The number of benzene rings is 1. The smallest absolute Gasteiger partial charge is 0.319 e. The van der Waals surface area contributed by atoms with Crippen LogP contribution in [0.2, 0.25) is 0 Å². The normalized spacial score (nSPS) is 21.0. The van der Waals surface area contributed by atoms with Crippen LogP contribution < -0.4 is 10.6 Å². The molecule has 1 spiro atoms. The number of urea groups is 1. The van der Waals surface area contributed by atoms with E-state index in [4.69, 9.17) is 5.73 Å². The van der Waals surface area contributed by atoms with Crippen LogP contribution in [-0.4, -0.2) is 12.6 Å². The Morgan fingerprint density at radius 1 is 1.36 bits per heavy atom. The third-order valence-corrected chi connectivity index (χ3v) is 3.35. The second-order valence-corrected chi connectivity index (χ2v) is 4.22. The summed E-state index contributed by atoms with van der Waals surface area (Å²) in [4.78, 5) is 12.9. The molecule has 0 bridgehead atoms. The first kappa shape index (κ1) is 7.85. The summed E-state index contributed by atoms with van der Waals surface area (Å²) in [6.45, 7) is 0.779. The van der Waals surface area contributed by atoms with Crippen LogP contribution in [0.25, 0.3) is 0 Å². The van der Waals surface area contributed by atoms with Gasteiger partial charge in [0.05, 0.1) is 0 Å². The van der Waals surface area contributed by atoms with Gasteiger partial charge in [-0.3, -0.25) is 4.90 Å². The topological polar surface area (TPSA) is 46.3 Å². The van der Waals surface area contributed by atoms with Gasteiger partial charge in [-0.25, -0.2) is 4.79 Å². The second kappa shape index (κ2) is 2.29. The molecule has 0 saturated heterocycles. The minimum absolute atomic E-state index is 0.256. The highest BCUT2D eigenvalue weighted by molar-refractivity contribution is 5.94. The summed E-state index contributed by atoms with van der Waals surface area (Å²) in [5.41, 5.74) is 7.92. The molecular formula is C11H12N2O. The zero-order chi connectivity index (χ0) is 9.76. The van der Waals surface area contributed by atoms with Gasteiger partial charge < -0.3 is 5.73 Å². The summed E-state index contributed by atoms with van der Waals surface area (Å²) in [7, 11) is 0. The summed E-state index contributed by atoms with van der Waals surface area (Å²) in [6, 6.07) is 7.75. The Labute approximate surface area is 82.5 Å². The largest absolute Gasteiger partial charge is 0.351 e. The quantitative estimate of drug-likeness (QED) is 0.660. The average Bonchev–Trinajstić information content (AvgIpc) is 2.86. The molecule has 2 N–H and O–H groups in total. The number of nitrogens with two attached hydrogens (primary N) is 1. The molecule has 3 rings (SSSR count).